The molecule has 36 heavy (non-hydrogen) atoms. The molecular weight excluding hydrogens is 481 g/mol. The highest BCUT2D eigenvalue weighted by Crippen LogP contribution is 2.30. The summed E-state index contributed by atoms with van der Waals surface area (Å²) in [7, 11) is -0.266. The Labute approximate surface area is 213 Å². The van der Waals surface area contributed by atoms with E-state index < -0.39 is 15.8 Å². The highest BCUT2D eigenvalue weighted by molar-refractivity contribution is 7.92. The van der Waals surface area contributed by atoms with Gasteiger partial charge < -0.3 is 14.7 Å². The molecule has 1 fully saturated rings. The molecule has 194 valence electrons. The van der Waals surface area contributed by atoms with Gasteiger partial charge >= 0.3 is 6.03 Å². The lowest BCUT2D eigenvalue weighted by molar-refractivity contribution is 0.168. The van der Waals surface area contributed by atoms with E-state index in [1.807, 2.05) is 18.7 Å². The number of nitriles is 1. The maximum atomic E-state index is 13.4. The van der Waals surface area contributed by atoms with E-state index in [0.29, 0.717) is 55.1 Å². The van der Waals surface area contributed by atoms with Crippen LogP contribution in [0.2, 0.25) is 0 Å². The van der Waals surface area contributed by atoms with Gasteiger partial charge in [-0.3, -0.25) is 4.31 Å². The maximum absolute atomic E-state index is 13.4. The van der Waals surface area contributed by atoms with Crippen molar-refractivity contribution < 1.29 is 17.6 Å². The Morgan fingerprint density at radius 1 is 1.08 bits per heavy atom. The predicted octanol–water partition coefficient (Wildman–Crippen LogP) is 3.88. The number of carbonyl (C=O) groups is 1. The molecule has 0 saturated carbocycles. The van der Waals surface area contributed by atoms with E-state index in [2.05, 4.69) is 6.07 Å². The number of carbonyl (C=O) groups excluding carboxylic acids is 1. The van der Waals surface area contributed by atoms with Gasteiger partial charge in [-0.15, -0.1) is 0 Å². The fourth-order valence-electron chi connectivity index (χ4n) is 4.07. The summed E-state index contributed by atoms with van der Waals surface area (Å²) in [6, 6.07) is 13.0. The van der Waals surface area contributed by atoms with Crippen molar-refractivity contribution in [3.05, 3.63) is 59.4 Å². The number of sulfonamides is 1. The van der Waals surface area contributed by atoms with E-state index in [9.17, 15) is 22.9 Å². The number of rotatable bonds is 8. The van der Waals surface area contributed by atoms with Gasteiger partial charge in [0, 0.05) is 40.3 Å². The van der Waals surface area contributed by atoms with Gasteiger partial charge in [0.1, 0.15) is 11.9 Å². The first-order valence-electron chi connectivity index (χ1n) is 12.0. The molecule has 0 spiro atoms. The van der Waals surface area contributed by atoms with Crippen molar-refractivity contribution in [2.45, 2.75) is 26.8 Å². The van der Waals surface area contributed by atoms with Crippen LogP contribution in [-0.4, -0.2) is 70.3 Å². The second-order valence-electron chi connectivity index (χ2n) is 9.60. The minimum atomic E-state index is -3.70. The van der Waals surface area contributed by atoms with Crippen LogP contribution in [0.4, 0.5) is 20.6 Å². The van der Waals surface area contributed by atoms with Gasteiger partial charge in [-0.25, -0.2) is 17.6 Å². The summed E-state index contributed by atoms with van der Waals surface area (Å²) >= 11 is 0. The van der Waals surface area contributed by atoms with E-state index in [1.165, 1.54) is 16.4 Å². The zero-order chi connectivity index (χ0) is 26.5. The summed E-state index contributed by atoms with van der Waals surface area (Å²) in [5.41, 5.74) is 2.11. The first-order valence-corrected chi connectivity index (χ1v) is 13.6. The average molecular weight is 516 g/mol. The third-order valence-corrected chi connectivity index (χ3v) is 7.95. The van der Waals surface area contributed by atoms with E-state index in [4.69, 9.17) is 0 Å². The number of anilines is 2. The largest absolute Gasteiger partial charge is 0.367 e. The molecule has 0 bridgehead atoms. The Morgan fingerprint density at radius 3 is 2.28 bits per heavy atom. The lowest BCUT2D eigenvalue weighted by atomic mass is 10.1. The number of benzene rings is 2. The number of hydrogen-bond donors (Lipinski definition) is 0. The van der Waals surface area contributed by atoms with Crippen molar-refractivity contribution in [2.24, 2.45) is 5.92 Å². The van der Waals surface area contributed by atoms with Crippen LogP contribution in [0.5, 0.6) is 0 Å². The molecule has 3 rings (SSSR count). The molecule has 2 amide bonds. The SMILES string of the molecule is CC(C)CCS(=O)(=O)N(Cc1ccc(F)cc1)c1ccc(N2CCN(C(=O)N(C)C)CC2)c(C#N)c1. The van der Waals surface area contributed by atoms with Crippen molar-refractivity contribution in [3.8, 4) is 6.07 Å². The molecule has 1 saturated heterocycles. The molecule has 0 aromatic heterocycles. The van der Waals surface area contributed by atoms with Crippen LogP contribution in [0.1, 0.15) is 31.4 Å². The molecule has 1 heterocycles. The quantitative estimate of drug-likeness (QED) is 0.532. The minimum absolute atomic E-state index is 0.0304. The van der Waals surface area contributed by atoms with Crippen molar-refractivity contribution in [1.82, 2.24) is 9.80 Å². The average Bonchev–Trinajstić information content (AvgIpc) is 2.86. The lowest BCUT2D eigenvalue weighted by Crippen LogP contribution is -2.51. The maximum Gasteiger partial charge on any atom is 0.319 e. The Kier molecular flexibility index (Phi) is 8.79. The summed E-state index contributed by atoms with van der Waals surface area (Å²) in [6.45, 7) is 6.17. The monoisotopic (exact) mass is 515 g/mol. The zero-order valence-electron chi connectivity index (χ0n) is 21.3. The molecule has 2 aromatic carbocycles. The van der Waals surface area contributed by atoms with Crippen LogP contribution in [-0.2, 0) is 16.6 Å². The smallest absolute Gasteiger partial charge is 0.319 e. The van der Waals surface area contributed by atoms with Crippen molar-refractivity contribution in [3.63, 3.8) is 0 Å². The summed E-state index contributed by atoms with van der Waals surface area (Å²) in [6.07, 6.45) is 0.501. The zero-order valence-corrected chi connectivity index (χ0v) is 22.1. The predicted molar refractivity (Wildman–Crippen MR) is 140 cm³/mol. The Balaban J connectivity index is 1.89. The lowest BCUT2D eigenvalue weighted by Gasteiger charge is -2.37. The van der Waals surface area contributed by atoms with E-state index in [0.717, 1.165) is 0 Å². The van der Waals surface area contributed by atoms with E-state index in [-0.39, 0.29) is 24.2 Å². The van der Waals surface area contributed by atoms with Gasteiger partial charge in [-0.1, -0.05) is 26.0 Å². The molecule has 0 radical (unpaired) electrons. The number of halogens is 1. The highest BCUT2D eigenvalue weighted by atomic mass is 32.2. The molecule has 1 aliphatic heterocycles. The second-order valence-corrected chi connectivity index (χ2v) is 11.6. The van der Waals surface area contributed by atoms with Crippen molar-refractivity contribution in [1.29, 1.82) is 5.26 Å². The van der Waals surface area contributed by atoms with Gasteiger partial charge in [0.25, 0.3) is 0 Å². The Morgan fingerprint density at radius 2 is 1.72 bits per heavy atom. The summed E-state index contributed by atoms with van der Waals surface area (Å²) in [4.78, 5) is 17.6. The number of urea groups is 1. The molecule has 2 aromatic rings. The van der Waals surface area contributed by atoms with Gasteiger partial charge in [0.05, 0.1) is 29.2 Å². The Bertz CT molecular complexity index is 1200. The van der Waals surface area contributed by atoms with Crippen LogP contribution in [0.25, 0.3) is 0 Å². The molecule has 0 unspecified atom stereocenters. The first-order chi connectivity index (χ1) is 17.0. The standard InChI is InChI=1S/C26H34FN5O3S/c1-20(2)11-16-36(34,35)32(19-21-5-7-23(27)8-6-21)24-9-10-25(22(17-24)18-28)30-12-14-31(15-13-30)26(33)29(3)4/h5-10,17,20H,11-16,19H2,1-4H3. The van der Waals surface area contributed by atoms with Crippen LogP contribution in [0.15, 0.2) is 42.5 Å². The fraction of sp³-hybridized carbons (Fsp3) is 0.462. The van der Waals surface area contributed by atoms with Gasteiger partial charge in [0.15, 0.2) is 0 Å². The molecule has 10 heteroatoms. The molecule has 1 aliphatic rings. The third kappa shape index (κ3) is 6.66. The normalized spacial score (nSPS) is 14.0. The van der Waals surface area contributed by atoms with Crippen molar-refractivity contribution >= 4 is 27.4 Å². The van der Waals surface area contributed by atoms with Gasteiger partial charge in [0.2, 0.25) is 10.0 Å². The molecule has 0 aliphatic carbocycles. The van der Waals surface area contributed by atoms with E-state index in [1.54, 1.807) is 54.2 Å². The number of hydrogen-bond acceptors (Lipinski definition) is 5. The summed E-state index contributed by atoms with van der Waals surface area (Å²) < 4.78 is 41.5. The van der Waals surface area contributed by atoms with Gasteiger partial charge in [-0.05, 0) is 48.2 Å². The topological polar surface area (TPSA) is 88.0 Å². The molecule has 8 nitrogen and oxygen atoms in total. The Hall–Kier alpha value is -3.32. The summed E-state index contributed by atoms with van der Waals surface area (Å²) in [5, 5.41) is 9.91. The minimum Gasteiger partial charge on any atom is -0.367 e. The number of nitrogens with zero attached hydrogens (tertiary/aromatic N) is 5. The molecule has 0 atom stereocenters. The van der Waals surface area contributed by atoms with Crippen LogP contribution in [0, 0.1) is 23.1 Å². The van der Waals surface area contributed by atoms with Crippen LogP contribution in [0.3, 0.4) is 0 Å². The third-order valence-electron chi connectivity index (χ3n) is 6.19. The fourth-order valence-corrected chi connectivity index (χ4v) is 5.84. The van der Waals surface area contributed by atoms with Crippen LogP contribution < -0.4 is 9.21 Å². The molecule has 0 N–H and O–H groups in total. The van der Waals surface area contributed by atoms with Gasteiger partial charge in [-0.2, -0.15) is 5.26 Å². The van der Waals surface area contributed by atoms with Crippen molar-refractivity contribution in [2.75, 3.05) is 55.2 Å². The summed E-state index contributed by atoms with van der Waals surface area (Å²) in [5.74, 6) is -0.212. The first kappa shape index (κ1) is 27.3. The number of piperazine rings is 1. The second kappa shape index (κ2) is 11.6. The van der Waals surface area contributed by atoms with E-state index >= 15 is 0 Å². The highest BCUT2D eigenvalue weighted by Gasteiger charge is 2.27. The van der Waals surface area contributed by atoms with Crippen LogP contribution >= 0.6 is 0 Å². The number of amides is 2. The molecular formula is C26H34FN5O3S.